The molecule has 0 bridgehead atoms. The third-order valence-electron chi connectivity index (χ3n) is 3.24. The van der Waals surface area contributed by atoms with Crippen molar-refractivity contribution >= 4 is 34.8 Å². The van der Waals surface area contributed by atoms with Crippen LogP contribution in [0.3, 0.4) is 0 Å². The van der Waals surface area contributed by atoms with Gasteiger partial charge in [-0.15, -0.1) is 11.3 Å². The Morgan fingerprint density at radius 3 is 2.68 bits per heavy atom. The molecule has 0 saturated heterocycles. The predicted octanol–water partition coefficient (Wildman–Crippen LogP) is 3.83. The monoisotopic (exact) mass is 383 g/mol. The molecule has 1 aromatic heterocycles. The summed E-state index contributed by atoms with van der Waals surface area (Å²) in [6.45, 7) is 2.69. The van der Waals surface area contributed by atoms with E-state index in [1.165, 1.54) is 19.2 Å². The van der Waals surface area contributed by atoms with E-state index in [-0.39, 0.29) is 17.3 Å². The minimum absolute atomic E-state index is 0.227. The van der Waals surface area contributed by atoms with Crippen molar-refractivity contribution in [2.45, 2.75) is 19.9 Å². The predicted molar refractivity (Wildman–Crippen MR) is 96.2 cm³/mol. The number of rotatable bonds is 8. The summed E-state index contributed by atoms with van der Waals surface area (Å²) in [4.78, 5) is 24.2. The number of ether oxygens (including phenoxy) is 2. The van der Waals surface area contributed by atoms with Crippen molar-refractivity contribution in [1.29, 1.82) is 0 Å². The van der Waals surface area contributed by atoms with E-state index in [9.17, 15) is 9.59 Å². The third kappa shape index (κ3) is 4.87. The lowest BCUT2D eigenvalue weighted by Crippen LogP contribution is -2.22. The first-order valence-electron chi connectivity index (χ1n) is 7.56. The molecule has 8 heteroatoms. The second-order valence-corrected chi connectivity index (χ2v) is 6.67. The van der Waals surface area contributed by atoms with Crippen LogP contribution in [0, 0.1) is 0 Å². The average Bonchev–Trinajstić information content (AvgIpc) is 3.07. The Morgan fingerprint density at radius 2 is 2.08 bits per heavy atom. The molecule has 0 unspecified atom stereocenters. The van der Waals surface area contributed by atoms with Gasteiger partial charge in [-0.05, 0) is 30.7 Å². The number of benzene rings is 1. The van der Waals surface area contributed by atoms with Crippen molar-refractivity contribution in [3.8, 4) is 11.5 Å². The molecule has 25 heavy (non-hydrogen) atoms. The summed E-state index contributed by atoms with van der Waals surface area (Å²) >= 11 is 7.32. The normalized spacial score (nSPS) is 10.4. The van der Waals surface area contributed by atoms with Crippen molar-refractivity contribution in [1.82, 2.24) is 5.32 Å². The number of carboxylic acid groups (broad SMARTS) is 1. The van der Waals surface area contributed by atoms with Gasteiger partial charge in [-0.2, -0.15) is 0 Å². The van der Waals surface area contributed by atoms with Gasteiger partial charge in [-0.1, -0.05) is 18.5 Å². The second kappa shape index (κ2) is 8.73. The number of halogens is 1. The summed E-state index contributed by atoms with van der Waals surface area (Å²) < 4.78 is 10.8. The second-order valence-electron chi connectivity index (χ2n) is 5.09. The molecule has 1 heterocycles. The first kappa shape index (κ1) is 19.1. The highest BCUT2D eigenvalue weighted by atomic mass is 35.5. The fraction of sp³-hybridized carbons (Fsp3) is 0.294. The van der Waals surface area contributed by atoms with Crippen molar-refractivity contribution in [2.75, 3.05) is 13.7 Å². The summed E-state index contributed by atoms with van der Waals surface area (Å²) in [6, 6.07) is 6.25. The standard InChI is InChI=1S/C17H18ClNO5S/c1-3-6-24-15-12(18)7-10(8-13(15)23-2)16(20)19-9-11-4-5-14(25-11)17(21)22/h4-5,7-8H,3,6,9H2,1-2H3,(H,19,20)(H,21,22). The lowest BCUT2D eigenvalue weighted by atomic mass is 10.2. The van der Waals surface area contributed by atoms with Gasteiger partial charge in [0.05, 0.1) is 25.3 Å². The number of thiophene rings is 1. The average molecular weight is 384 g/mol. The van der Waals surface area contributed by atoms with Crippen LogP contribution in [0.5, 0.6) is 11.5 Å². The summed E-state index contributed by atoms with van der Waals surface area (Å²) in [5.41, 5.74) is 0.334. The summed E-state index contributed by atoms with van der Waals surface area (Å²) in [5, 5.41) is 11.9. The molecule has 0 aliphatic heterocycles. The van der Waals surface area contributed by atoms with E-state index in [0.29, 0.717) is 28.7 Å². The molecule has 0 saturated carbocycles. The Hall–Kier alpha value is -2.25. The quantitative estimate of drug-likeness (QED) is 0.723. The van der Waals surface area contributed by atoms with Gasteiger partial charge in [0, 0.05) is 10.4 Å². The number of carboxylic acids is 1. The van der Waals surface area contributed by atoms with Gasteiger partial charge in [0.25, 0.3) is 5.91 Å². The minimum atomic E-state index is -0.984. The van der Waals surface area contributed by atoms with Gasteiger partial charge in [0.15, 0.2) is 11.5 Å². The molecular formula is C17H18ClNO5S. The van der Waals surface area contributed by atoms with E-state index in [4.69, 9.17) is 26.2 Å². The maximum Gasteiger partial charge on any atom is 0.345 e. The molecule has 0 atom stereocenters. The molecule has 0 radical (unpaired) electrons. The molecule has 134 valence electrons. The van der Waals surface area contributed by atoms with Crippen LogP contribution in [-0.4, -0.2) is 30.7 Å². The SMILES string of the molecule is CCCOc1c(Cl)cc(C(=O)NCc2ccc(C(=O)O)s2)cc1OC. The molecule has 0 fully saturated rings. The molecule has 2 rings (SSSR count). The zero-order valence-corrected chi connectivity index (χ0v) is 15.4. The van der Waals surface area contributed by atoms with E-state index in [2.05, 4.69) is 5.32 Å². The Balaban J connectivity index is 2.10. The van der Waals surface area contributed by atoms with E-state index < -0.39 is 5.97 Å². The zero-order chi connectivity index (χ0) is 18.4. The van der Waals surface area contributed by atoms with Gasteiger partial charge in [0.2, 0.25) is 0 Å². The first-order chi connectivity index (χ1) is 12.0. The molecule has 6 nitrogen and oxygen atoms in total. The highest BCUT2D eigenvalue weighted by Gasteiger charge is 2.16. The van der Waals surface area contributed by atoms with Crippen LogP contribution in [0.1, 0.15) is 38.3 Å². The van der Waals surface area contributed by atoms with Crippen molar-refractivity contribution in [2.24, 2.45) is 0 Å². The minimum Gasteiger partial charge on any atom is -0.493 e. The van der Waals surface area contributed by atoms with Gasteiger partial charge >= 0.3 is 5.97 Å². The zero-order valence-electron chi connectivity index (χ0n) is 13.8. The van der Waals surface area contributed by atoms with Crippen LogP contribution in [0.25, 0.3) is 0 Å². The van der Waals surface area contributed by atoms with Gasteiger partial charge in [-0.25, -0.2) is 4.79 Å². The van der Waals surface area contributed by atoms with Crippen LogP contribution >= 0.6 is 22.9 Å². The Bertz CT molecular complexity index is 774. The maximum atomic E-state index is 12.3. The smallest absolute Gasteiger partial charge is 0.345 e. The number of hydrogen-bond acceptors (Lipinski definition) is 5. The number of nitrogens with one attached hydrogen (secondary N) is 1. The molecule has 2 aromatic rings. The van der Waals surface area contributed by atoms with Crippen LogP contribution in [-0.2, 0) is 6.54 Å². The fourth-order valence-corrected chi connectivity index (χ4v) is 3.10. The molecule has 1 amide bonds. The van der Waals surface area contributed by atoms with Crippen molar-refractivity contribution in [3.63, 3.8) is 0 Å². The number of aromatic carboxylic acids is 1. The summed E-state index contributed by atoms with van der Waals surface area (Å²) in [6.07, 6.45) is 0.820. The van der Waals surface area contributed by atoms with Crippen molar-refractivity contribution < 1.29 is 24.2 Å². The molecule has 0 aliphatic carbocycles. The van der Waals surface area contributed by atoms with Crippen LogP contribution in [0.2, 0.25) is 5.02 Å². The molecule has 1 aromatic carbocycles. The molecule has 2 N–H and O–H groups in total. The fourth-order valence-electron chi connectivity index (χ4n) is 2.05. The molecular weight excluding hydrogens is 366 g/mol. The van der Waals surface area contributed by atoms with Gasteiger partial charge in [-0.3, -0.25) is 4.79 Å². The summed E-state index contributed by atoms with van der Waals surface area (Å²) in [7, 11) is 1.48. The Kier molecular flexibility index (Phi) is 6.66. The van der Waals surface area contributed by atoms with Crippen molar-refractivity contribution in [3.05, 3.63) is 44.6 Å². The lowest BCUT2D eigenvalue weighted by Gasteiger charge is -2.13. The van der Waals surface area contributed by atoms with Crippen LogP contribution < -0.4 is 14.8 Å². The lowest BCUT2D eigenvalue weighted by molar-refractivity contribution is 0.0702. The van der Waals surface area contributed by atoms with Crippen LogP contribution in [0.4, 0.5) is 0 Å². The third-order valence-corrected chi connectivity index (χ3v) is 4.59. The van der Waals surface area contributed by atoms with Gasteiger partial charge < -0.3 is 19.9 Å². The summed E-state index contributed by atoms with van der Waals surface area (Å²) in [5.74, 6) is -0.531. The van der Waals surface area contributed by atoms with E-state index in [1.54, 1.807) is 12.1 Å². The first-order valence-corrected chi connectivity index (χ1v) is 8.76. The maximum absolute atomic E-state index is 12.3. The Labute approximate surface area is 154 Å². The number of methoxy groups -OCH3 is 1. The molecule has 0 spiro atoms. The van der Waals surface area contributed by atoms with Gasteiger partial charge in [0.1, 0.15) is 4.88 Å². The molecule has 0 aliphatic rings. The van der Waals surface area contributed by atoms with Crippen LogP contribution in [0.15, 0.2) is 24.3 Å². The number of carbonyl (C=O) groups is 2. The number of carbonyl (C=O) groups excluding carboxylic acids is 1. The largest absolute Gasteiger partial charge is 0.493 e. The number of hydrogen-bond donors (Lipinski definition) is 2. The van der Waals surface area contributed by atoms with E-state index in [1.807, 2.05) is 6.92 Å². The Morgan fingerprint density at radius 1 is 1.32 bits per heavy atom. The van der Waals surface area contributed by atoms with E-state index in [0.717, 1.165) is 22.6 Å². The number of amides is 1. The van der Waals surface area contributed by atoms with E-state index >= 15 is 0 Å². The highest BCUT2D eigenvalue weighted by Crippen LogP contribution is 2.36. The highest BCUT2D eigenvalue weighted by molar-refractivity contribution is 7.13. The topological polar surface area (TPSA) is 84.9 Å².